The number of carbonyl (C=O) groups is 1. The smallest absolute Gasteiger partial charge is 0.254 e. The van der Waals surface area contributed by atoms with Crippen molar-refractivity contribution in [2.75, 3.05) is 13.2 Å². The summed E-state index contributed by atoms with van der Waals surface area (Å²) in [6.45, 7) is 4.66. The Balaban J connectivity index is 1.84. The molecule has 2 rings (SSSR count). The third-order valence-electron chi connectivity index (χ3n) is 3.32. The first-order chi connectivity index (χ1) is 10.1. The van der Waals surface area contributed by atoms with Gasteiger partial charge in [-0.25, -0.2) is 4.39 Å². The minimum atomic E-state index is -0.523. The zero-order valence-electron chi connectivity index (χ0n) is 12.2. The second kappa shape index (κ2) is 6.88. The van der Waals surface area contributed by atoms with Gasteiger partial charge in [-0.05, 0) is 43.2 Å². The van der Waals surface area contributed by atoms with Gasteiger partial charge in [0.25, 0.3) is 5.91 Å². The van der Waals surface area contributed by atoms with Crippen molar-refractivity contribution < 1.29 is 13.9 Å². The summed E-state index contributed by atoms with van der Waals surface area (Å²) in [5.41, 5.74) is 2.28. The molecule has 0 saturated carbocycles. The van der Waals surface area contributed by atoms with Gasteiger partial charge in [0, 0.05) is 0 Å². The second-order valence-corrected chi connectivity index (χ2v) is 4.78. The maximum Gasteiger partial charge on any atom is 0.254 e. The van der Waals surface area contributed by atoms with Crippen LogP contribution >= 0.6 is 0 Å². The van der Waals surface area contributed by atoms with Gasteiger partial charge in [-0.15, -0.1) is 0 Å². The quantitative estimate of drug-likeness (QED) is 0.857. The maximum atomic E-state index is 13.4. The lowest BCUT2D eigenvalue weighted by Gasteiger charge is -2.11. The lowest BCUT2D eigenvalue weighted by Crippen LogP contribution is -2.28. The third kappa shape index (κ3) is 3.81. The molecule has 4 heteroatoms. The lowest BCUT2D eigenvalue weighted by molar-refractivity contribution is 0.0943. The molecule has 0 unspecified atom stereocenters. The molecule has 1 amide bonds. The first-order valence-corrected chi connectivity index (χ1v) is 6.81. The molecule has 0 atom stereocenters. The van der Waals surface area contributed by atoms with E-state index in [-0.39, 0.29) is 5.56 Å². The first kappa shape index (κ1) is 15.0. The van der Waals surface area contributed by atoms with Gasteiger partial charge in [0.15, 0.2) is 0 Å². The van der Waals surface area contributed by atoms with Crippen LogP contribution in [0.3, 0.4) is 0 Å². The topological polar surface area (TPSA) is 38.3 Å². The maximum absolute atomic E-state index is 13.4. The van der Waals surface area contributed by atoms with Gasteiger partial charge >= 0.3 is 0 Å². The van der Waals surface area contributed by atoms with Gasteiger partial charge in [0.1, 0.15) is 18.2 Å². The van der Waals surface area contributed by atoms with Crippen LogP contribution in [0.5, 0.6) is 5.75 Å². The van der Waals surface area contributed by atoms with Gasteiger partial charge in [0.05, 0.1) is 12.1 Å². The molecule has 0 aromatic heterocycles. The number of benzene rings is 2. The predicted octanol–water partition coefficient (Wildman–Crippen LogP) is 3.25. The fourth-order valence-electron chi connectivity index (χ4n) is 1.95. The van der Waals surface area contributed by atoms with Crippen molar-refractivity contribution >= 4 is 5.91 Å². The molecule has 0 spiro atoms. The van der Waals surface area contributed by atoms with Crippen LogP contribution in [0.15, 0.2) is 42.5 Å². The van der Waals surface area contributed by atoms with Gasteiger partial charge in [-0.3, -0.25) is 4.79 Å². The number of nitrogens with one attached hydrogen (secondary N) is 1. The molecule has 2 aromatic rings. The number of hydrogen-bond acceptors (Lipinski definition) is 2. The van der Waals surface area contributed by atoms with E-state index >= 15 is 0 Å². The van der Waals surface area contributed by atoms with E-state index in [0.29, 0.717) is 13.2 Å². The molecular weight excluding hydrogens is 269 g/mol. The fraction of sp³-hybridized carbons (Fsp3) is 0.235. The van der Waals surface area contributed by atoms with Crippen LogP contribution in [0, 0.1) is 19.7 Å². The van der Waals surface area contributed by atoms with E-state index < -0.39 is 11.7 Å². The van der Waals surface area contributed by atoms with E-state index in [1.807, 2.05) is 32.0 Å². The van der Waals surface area contributed by atoms with E-state index in [2.05, 4.69) is 5.32 Å². The van der Waals surface area contributed by atoms with Crippen molar-refractivity contribution in [2.24, 2.45) is 0 Å². The number of halogens is 1. The number of amides is 1. The molecule has 1 N–H and O–H groups in total. The van der Waals surface area contributed by atoms with Crippen molar-refractivity contribution in [3.63, 3.8) is 0 Å². The Labute approximate surface area is 123 Å². The number of aryl methyl sites for hydroxylation is 1. The van der Waals surface area contributed by atoms with Crippen LogP contribution in [-0.4, -0.2) is 19.1 Å². The third-order valence-corrected chi connectivity index (χ3v) is 3.32. The average molecular weight is 287 g/mol. The van der Waals surface area contributed by atoms with Crippen LogP contribution in [0.4, 0.5) is 4.39 Å². The van der Waals surface area contributed by atoms with E-state index in [1.165, 1.54) is 12.1 Å². The summed E-state index contributed by atoms with van der Waals surface area (Å²) in [7, 11) is 0. The van der Waals surface area contributed by atoms with E-state index in [4.69, 9.17) is 4.74 Å². The van der Waals surface area contributed by atoms with Gasteiger partial charge in [0.2, 0.25) is 0 Å². The zero-order chi connectivity index (χ0) is 15.2. The molecule has 0 bridgehead atoms. The van der Waals surface area contributed by atoms with E-state index in [0.717, 1.165) is 16.9 Å². The highest BCUT2D eigenvalue weighted by Gasteiger charge is 2.09. The fourth-order valence-corrected chi connectivity index (χ4v) is 1.95. The van der Waals surface area contributed by atoms with Crippen LogP contribution in [-0.2, 0) is 0 Å². The van der Waals surface area contributed by atoms with E-state index in [9.17, 15) is 9.18 Å². The van der Waals surface area contributed by atoms with Crippen LogP contribution in [0.25, 0.3) is 0 Å². The molecule has 0 radical (unpaired) electrons. The van der Waals surface area contributed by atoms with Crippen LogP contribution in [0.2, 0.25) is 0 Å². The van der Waals surface area contributed by atoms with Crippen LogP contribution < -0.4 is 10.1 Å². The number of hydrogen-bond donors (Lipinski definition) is 1. The molecule has 3 nitrogen and oxygen atoms in total. The second-order valence-electron chi connectivity index (χ2n) is 4.78. The standard InChI is InChI=1S/C17H18FNO2/c1-12-6-5-9-16(13(12)2)21-11-10-19-17(20)14-7-3-4-8-15(14)18/h3-9H,10-11H2,1-2H3,(H,19,20). The SMILES string of the molecule is Cc1cccc(OCCNC(=O)c2ccccc2F)c1C. The number of carbonyl (C=O) groups excluding carboxylic acids is 1. The summed E-state index contributed by atoms with van der Waals surface area (Å²) in [5.74, 6) is -0.154. The summed E-state index contributed by atoms with van der Waals surface area (Å²) >= 11 is 0. The van der Waals surface area contributed by atoms with Gasteiger partial charge in [-0.2, -0.15) is 0 Å². The Morgan fingerprint density at radius 2 is 1.90 bits per heavy atom. The Bertz CT molecular complexity index is 640. The molecule has 0 fully saturated rings. The van der Waals surface area contributed by atoms with Crippen LogP contribution in [0.1, 0.15) is 21.5 Å². The summed E-state index contributed by atoms with van der Waals surface area (Å²) in [4.78, 5) is 11.8. The molecule has 0 saturated heterocycles. The molecule has 2 aromatic carbocycles. The Morgan fingerprint density at radius 3 is 2.67 bits per heavy atom. The predicted molar refractivity (Wildman–Crippen MR) is 80.1 cm³/mol. The summed E-state index contributed by atoms with van der Waals surface area (Å²) in [6, 6.07) is 11.7. The monoisotopic (exact) mass is 287 g/mol. The molecule has 0 heterocycles. The summed E-state index contributed by atoms with van der Waals surface area (Å²) in [6.07, 6.45) is 0. The average Bonchev–Trinajstić information content (AvgIpc) is 2.48. The largest absolute Gasteiger partial charge is 0.491 e. The van der Waals surface area contributed by atoms with Crippen molar-refractivity contribution in [3.8, 4) is 5.75 Å². The van der Waals surface area contributed by atoms with Gasteiger partial charge in [-0.1, -0.05) is 24.3 Å². The van der Waals surface area contributed by atoms with Crippen molar-refractivity contribution in [1.82, 2.24) is 5.32 Å². The highest BCUT2D eigenvalue weighted by molar-refractivity contribution is 5.94. The normalized spacial score (nSPS) is 10.2. The molecule has 0 aliphatic carbocycles. The Kier molecular flexibility index (Phi) is 4.93. The van der Waals surface area contributed by atoms with Crippen molar-refractivity contribution in [3.05, 3.63) is 65.0 Å². The minimum absolute atomic E-state index is 0.0456. The van der Waals surface area contributed by atoms with Gasteiger partial charge < -0.3 is 10.1 Å². The molecule has 110 valence electrons. The van der Waals surface area contributed by atoms with Crippen molar-refractivity contribution in [1.29, 1.82) is 0 Å². The summed E-state index contributed by atoms with van der Waals surface area (Å²) < 4.78 is 19.0. The molecular formula is C17H18FNO2. The number of rotatable bonds is 5. The highest BCUT2D eigenvalue weighted by Crippen LogP contribution is 2.20. The lowest BCUT2D eigenvalue weighted by atomic mass is 10.1. The number of ether oxygens (including phenoxy) is 1. The highest BCUT2D eigenvalue weighted by atomic mass is 19.1. The summed E-state index contributed by atoms with van der Waals surface area (Å²) in [5, 5.41) is 2.64. The Morgan fingerprint density at radius 1 is 1.14 bits per heavy atom. The van der Waals surface area contributed by atoms with Crippen molar-refractivity contribution in [2.45, 2.75) is 13.8 Å². The minimum Gasteiger partial charge on any atom is -0.491 e. The first-order valence-electron chi connectivity index (χ1n) is 6.81. The molecule has 0 aliphatic rings. The molecule has 0 aliphatic heterocycles. The zero-order valence-corrected chi connectivity index (χ0v) is 12.2. The van der Waals surface area contributed by atoms with E-state index in [1.54, 1.807) is 12.1 Å². The molecule has 21 heavy (non-hydrogen) atoms. The Hall–Kier alpha value is -2.36.